The summed E-state index contributed by atoms with van der Waals surface area (Å²) in [5.41, 5.74) is 3.27. The van der Waals surface area contributed by atoms with Crippen molar-refractivity contribution in [3.8, 4) is 0 Å². The molecule has 5 nitrogen and oxygen atoms in total. The number of aromatic nitrogens is 2. The molecule has 0 saturated carbocycles. The molecule has 2 rings (SSSR count). The van der Waals surface area contributed by atoms with Gasteiger partial charge in [-0.05, 0) is 32.4 Å². The maximum atomic E-state index is 12.1. The van der Waals surface area contributed by atoms with E-state index in [-0.39, 0.29) is 5.91 Å². The van der Waals surface area contributed by atoms with Gasteiger partial charge in [0.1, 0.15) is 11.5 Å². The highest BCUT2D eigenvalue weighted by Gasteiger charge is 2.09. The average molecular weight is 270 g/mol. The number of carbonyl (C=O) groups is 1. The minimum absolute atomic E-state index is 0.257. The number of hydrogen-bond acceptors (Lipinski definition) is 4. The summed E-state index contributed by atoms with van der Waals surface area (Å²) in [5.74, 6) is 0.406. The van der Waals surface area contributed by atoms with Gasteiger partial charge >= 0.3 is 0 Å². The van der Waals surface area contributed by atoms with E-state index in [0.717, 1.165) is 23.4 Å². The molecule has 0 saturated heterocycles. The third kappa shape index (κ3) is 3.32. The van der Waals surface area contributed by atoms with Crippen LogP contribution in [0.1, 0.15) is 28.5 Å². The summed E-state index contributed by atoms with van der Waals surface area (Å²) < 4.78 is 0. The van der Waals surface area contributed by atoms with E-state index in [1.54, 1.807) is 6.20 Å². The van der Waals surface area contributed by atoms with Crippen molar-refractivity contribution >= 4 is 17.4 Å². The summed E-state index contributed by atoms with van der Waals surface area (Å²) >= 11 is 0. The molecule has 0 aliphatic heterocycles. The van der Waals surface area contributed by atoms with Crippen LogP contribution < -0.4 is 10.6 Å². The van der Waals surface area contributed by atoms with E-state index in [0.29, 0.717) is 11.5 Å². The van der Waals surface area contributed by atoms with Crippen LogP contribution in [0.3, 0.4) is 0 Å². The number of nitrogens with one attached hydrogen (secondary N) is 2. The van der Waals surface area contributed by atoms with Gasteiger partial charge in [-0.1, -0.05) is 17.7 Å². The minimum Gasteiger partial charge on any atom is -0.369 e. The zero-order valence-electron chi connectivity index (χ0n) is 11.9. The number of nitrogens with zero attached hydrogens (tertiary/aromatic N) is 2. The predicted molar refractivity (Wildman–Crippen MR) is 80.1 cm³/mol. The van der Waals surface area contributed by atoms with Crippen LogP contribution in [0.2, 0.25) is 0 Å². The van der Waals surface area contributed by atoms with Crippen molar-refractivity contribution in [3.63, 3.8) is 0 Å². The number of benzene rings is 1. The first-order valence-electron chi connectivity index (χ1n) is 6.54. The Morgan fingerprint density at radius 1 is 1.20 bits per heavy atom. The minimum atomic E-state index is -0.257. The van der Waals surface area contributed by atoms with Gasteiger partial charge in [0, 0.05) is 12.2 Å². The van der Waals surface area contributed by atoms with Crippen LogP contribution in [-0.4, -0.2) is 22.4 Å². The number of anilines is 2. The molecule has 5 heteroatoms. The highest BCUT2D eigenvalue weighted by molar-refractivity contribution is 6.03. The standard InChI is InChI=1S/C15H18N4O/c1-4-16-14-9-17-13(8-18-14)15(20)19-12-6-5-10(2)7-11(12)3/h5-9H,4H2,1-3H3,(H,16,18)(H,19,20). The molecule has 1 aromatic heterocycles. The molecule has 104 valence electrons. The molecule has 0 aliphatic rings. The van der Waals surface area contributed by atoms with Gasteiger partial charge in [0.25, 0.3) is 5.91 Å². The summed E-state index contributed by atoms with van der Waals surface area (Å²) in [7, 11) is 0. The molecule has 2 N–H and O–H groups in total. The fraction of sp³-hybridized carbons (Fsp3) is 0.267. The van der Waals surface area contributed by atoms with E-state index in [1.165, 1.54) is 6.20 Å². The predicted octanol–water partition coefficient (Wildman–Crippen LogP) is 2.78. The van der Waals surface area contributed by atoms with Gasteiger partial charge < -0.3 is 10.6 Å². The number of amides is 1. The molecule has 20 heavy (non-hydrogen) atoms. The number of rotatable bonds is 4. The van der Waals surface area contributed by atoms with Gasteiger partial charge in [-0.2, -0.15) is 0 Å². The summed E-state index contributed by atoms with van der Waals surface area (Å²) in [6.45, 7) is 6.72. The average Bonchev–Trinajstić information content (AvgIpc) is 2.43. The lowest BCUT2D eigenvalue weighted by molar-refractivity contribution is 0.102. The maximum absolute atomic E-state index is 12.1. The Morgan fingerprint density at radius 3 is 2.60 bits per heavy atom. The molecule has 0 bridgehead atoms. The molecular formula is C15H18N4O. The molecule has 0 fully saturated rings. The Morgan fingerprint density at radius 2 is 2.00 bits per heavy atom. The Bertz CT molecular complexity index is 608. The van der Waals surface area contributed by atoms with Gasteiger partial charge in [-0.25, -0.2) is 9.97 Å². The molecule has 0 spiro atoms. The third-order valence-electron chi connectivity index (χ3n) is 2.87. The first-order chi connectivity index (χ1) is 9.60. The lowest BCUT2D eigenvalue weighted by atomic mass is 10.1. The van der Waals surface area contributed by atoms with Crippen molar-refractivity contribution in [1.82, 2.24) is 9.97 Å². The second-order valence-corrected chi connectivity index (χ2v) is 4.59. The van der Waals surface area contributed by atoms with Gasteiger partial charge in [-0.3, -0.25) is 4.79 Å². The second kappa shape index (κ2) is 6.14. The van der Waals surface area contributed by atoms with Gasteiger partial charge in [0.2, 0.25) is 0 Å². The lowest BCUT2D eigenvalue weighted by Gasteiger charge is -2.09. The summed E-state index contributed by atoms with van der Waals surface area (Å²) in [6.07, 6.45) is 3.03. The summed E-state index contributed by atoms with van der Waals surface area (Å²) in [4.78, 5) is 20.3. The first kappa shape index (κ1) is 14.0. The third-order valence-corrected chi connectivity index (χ3v) is 2.87. The molecule has 1 heterocycles. The highest BCUT2D eigenvalue weighted by atomic mass is 16.1. The van der Waals surface area contributed by atoms with Crippen LogP contribution in [-0.2, 0) is 0 Å². The van der Waals surface area contributed by atoms with E-state index in [1.807, 2.05) is 39.0 Å². The molecule has 1 aromatic carbocycles. The number of hydrogen-bond donors (Lipinski definition) is 2. The van der Waals surface area contributed by atoms with Crippen molar-refractivity contribution in [2.24, 2.45) is 0 Å². The fourth-order valence-electron chi connectivity index (χ4n) is 1.86. The summed E-state index contributed by atoms with van der Waals surface area (Å²) in [5, 5.41) is 5.88. The van der Waals surface area contributed by atoms with Crippen LogP contribution >= 0.6 is 0 Å². The quantitative estimate of drug-likeness (QED) is 0.896. The van der Waals surface area contributed by atoms with Gasteiger partial charge in [0.15, 0.2) is 0 Å². The zero-order chi connectivity index (χ0) is 14.5. The number of aryl methyl sites for hydroxylation is 2. The van der Waals surface area contributed by atoms with E-state index in [9.17, 15) is 4.79 Å². The van der Waals surface area contributed by atoms with E-state index in [4.69, 9.17) is 0 Å². The van der Waals surface area contributed by atoms with Crippen LogP contribution in [0.25, 0.3) is 0 Å². The smallest absolute Gasteiger partial charge is 0.275 e. The topological polar surface area (TPSA) is 66.9 Å². The normalized spacial score (nSPS) is 10.2. The van der Waals surface area contributed by atoms with E-state index < -0.39 is 0 Å². The molecule has 0 aliphatic carbocycles. The largest absolute Gasteiger partial charge is 0.369 e. The van der Waals surface area contributed by atoms with Crippen molar-refractivity contribution in [1.29, 1.82) is 0 Å². The summed E-state index contributed by atoms with van der Waals surface area (Å²) in [6, 6.07) is 5.88. The lowest BCUT2D eigenvalue weighted by Crippen LogP contribution is -2.15. The molecule has 2 aromatic rings. The van der Waals surface area contributed by atoms with E-state index in [2.05, 4.69) is 20.6 Å². The van der Waals surface area contributed by atoms with Crippen LogP contribution in [0.5, 0.6) is 0 Å². The van der Waals surface area contributed by atoms with Crippen molar-refractivity contribution in [2.75, 3.05) is 17.2 Å². The fourth-order valence-corrected chi connectivity index (χ4v) is 1.86. The Hall–Kier alpha value is -2.43. The van der Waals surface area contributed by atoms with Gasteiger partial charge in [0.05, 0.1) is 12.4 Å². The molecular weight excluding hydrogens is 252 g/mol. The first-order valence-corrected chi connectivity index (χ1v) is 6.54. The monoisotopic (exact) mass is 270 g/mol. The van der Waals surface area contributed by atoms with Crippen molar-refractivity contribution in [3.05, 3.63) is 47.4 Å². The SMILES string of the molecule is CCNc1cnc(C(=O)Nc2ccc(C)cc2C)cn1. The number of carbonyl (C=O) groups excluding carboxylic acids is 1. The molecule has 1 amide bonds. The van der Waals surface area contributed by atoms with Crippen molar-refractivity contribution < 1.29 is 4.79 Å². The second-order valence-electron chi connectivity index (χ2n) is 4.59. The molecule has 0 unspecified atom stereocenters. The van der Waals surface area contributed by atoms with Crippen molar-refractivity contribution in [2.45, 2.75) is 20.8 Å². The Labute approximate surface area is 118 Å². The highest BCUT2D eigenvalue weighted by Crippen LogP contribution is 2.16. The molecule has 0 atom stereocenters. The van der Waals surface area contributed by atoms with Crippen LogP contribution in [0, 0.1) is 13.8 Å². The Kier molecular flexibility index (Phi) is 4.30. The van der Waals surface area contributed by atoms with Crippen LogP contribution in [0.15, 0.2) is 30.6 Å². The van der Waals surface area contributed by atoms with Gasteiger partial charge in [-0.15, -0.1) is 0 Å². The molecule has 0 radical (unpaired) electrons. The maximum Gasteiger partial charge on any atom is 0.275 e. The zero-order valence-corrected chi connectivity index (χ0v) is 11.9. The Balaban J connectivity index is 2.11. The van der Waals surface area contributed by atoms with Crippen LogP contribution in [0.4, 0.5) is 11.5 Å². The van der Waals surface area contributed by atoms with E-state index >= 15 is 0 Å².